The highest BCUT2D eigenvalue weighted by Crippen LogP contribution is 2.16. The van der Waals surface area contributed by atoms with Crippen molar-refractivity contribution in [3.63, 3.8) is 0 Å². The summed E-state index contributed by atoms with van der Waals surface area (Å²) < 4.78 is 1.38. The molecule has 0 spiro atoms. The Labute approximate surface area is 147 Å². The zero-order valence-electron chi connectivity index (χ0n) is 14.1. The van der Waals surface area contributed by atoms with Crippen LogP contribution < -0.4 is 17.0 Å². The van der Waals surface area contributed by atoms with Crippen LogP contribution in [-0.2, 0) is 0 Å². The van der Waals surface area contributed by atoms with Gasteiger partial charge in [0, 0.05) is 0 Å². The maximum Gasteiger partial charge on any atom is 0.0885 e. The fourth-order valence-corrected chi connectivity index (χ4v) is 3.67. The van der Waals surface area contributed by atoms with Crippen LogP contribution in [-0.4, -0.2) is 36.0 Å². The fourth-order valence-electron chi connectivity index (χ4n) is 2.91. The van der Waals surface area contributed by atoms with Gasteiger partial charge in [0.1, 0.15) is 0 Å². The molecule has 20 heavy (non-hydrogen) atoms. The summed E-state index contributed by atoms with van der Waals surface area (Å²) in [5.74, 6) is 0. The molecule has 1 unspecified atom stereocenters. The quantitative estimate of drug-likeness (QED) is 0.233. The molecule has 1 nitrogen and oxygen atoms in total. The number of hydrogen-bond donors (Lipinski definition) is 0. The van der Waals surface area contributed by atoms with Crippen molar-refractivity contribution in [1.29, 1.82) is 0 Å². The van der Waals surface area contributed by atoms with E-state index in [1.807, 2.05) is 0 Å². The largest absolute Gasteiger partial charge is 1.00 e. The summed E-state index contributed by atoms with van der Waals surface area (Å²) in [6, 6.07) is 0. The van der Waals surface area contributed by atoms with Gasteiger partial charge >= 0.3 is 0 Å². The maximum atomic E-state index is 3.69. The molecule has 0 heterocycles. The summed E-state index contributed by atoms with van der Waals surface area (Å²) in [5, 5.41) is 1.16. The first kappa shape index (κ1) is 23.2. The first-order chi connectivity index (χ1) is 9.24. The van der Waals surface area contributed by atoms with Gasteiger partial charge < -0.3 is 21.5 Å². The lowest BCUT2D eigenvalue weighted by Crippen LogP contribution is -3.00. The van der Waals surface area contributed by atoms with Crippen LogP contribution in [0.15, 0.2) is 0 Å². The fraction of sp³-hybridized carbons (Fsp3) is 1.00. The van der Waals surface area contributed by atoms with E-state index in [0.717, 1.165) is 5.33 Å². The van der Waals surface area contributed by atoms with Crippen LogP contribution in [0.3, 0.4) is 0 Å². The molecule has 3 heteroatoms. The Hall–Kier alpha value is 0.920. The predicted molar refractivity (Wildman–Crippen MR) is 92.1 cm³/mol. The Morgan fingerprint density at radius 2 is 1.05 bits per heavy atom. The van der Waals surface area contributed by atoms with Crippen LogP contribution in [0.25, 0.3) is 0 Å². The molecule has 0 amide bonds. The lowest BCUT2D eigenvalue weighted by atomic mass is 10.1. The Morgan fingerprint density at radius 3 is 1.55 bits per heavy atom. The van der Waals surface area contributed by atoms with Crippen LogP contribution in [0.4, 0.5) is 0 Å². The third kappa shape index (κ3) is 11.6. The molecule has 0 saturated heterocycles. The minimum Gasteiger partial charge on any atom is -1.00 e. The van der Waals surface area contributed by atoms with Gasteiger partial charge in [-0.05, 0) is 32.1 Å². The Bertz CT molecular complexity index is 188. The van der Waals surface area contributed by atoms with Crippen molar-refractivity contribution in [2.75, 3.05) is 31.5 Å². The Kier molecular flexibility index (Phi) is 18.9. The zero-order chi connectivity index (χ0) is 14.4. The van der Waals surface area contributed by atoms with E-state index < -0.39 is 0 Å². The van der Waals surface area contributed by atoms with E-state index in [0.29, 0.717) is 0 Å². The number of quaternary nitrogens is 1. The monoisotopic (exact) mass is 413 g/mol. The molecule has 124 valence electrons. The van der Waals surface area contributed by atoms with Crippen molar-refractivity contribution in [3.8, 4) is 0 Å². The molecule has 0 aromatic rings. The van der Waals surface area contributed by atoms with E-state index in [2.05, 4.69) is 36.7 Å². The molecule has 0 rings (SSSR count). The number of unbranched alkanes of at least 4 members (excludes halogenated alkanes) is 6. The Morgan fingerprint density at radius 1 is 0.600 bits per heavy atom. The highest BCUT2D eigenvalue weighted by Gasteiger charge is 2.24. The van der Waals surface area contributed by atoms with Crippen molar-refractivity contribution in [3.05, 3.63) is 0 Å². The van der Waals surface area contributed by atoms with Gasteiger partial charge in [0.2, 0.25) is 0 Å². The van der Waals surface area contributed by atoms with Gasteiger partial charge in [-0.1, -0.05) is 62.4 Å². The van der Waals surface area contributed by atoms with Gasteiger partial charge in [-0.2, -0.15) is 0 Å². The molecule has 0 aromatic carbocycles. The summed E-state index contributed by atoms with van der Waals surface area (Å²) >= 11 is 3.69. The molecule has 1 atom stereocenters. The molecule has 0 aromatic heterocycles. The van der Waals surface area contributed by atoms with E-state index in [1.165, 1.54) is 88.4 Å². The van der Waals surface area contributed by atoms with E-state index in [9.17, 15) is 0 Å². The summed E-state index contributed by atoms with van der Waals surface area (Å²) in [5.41, 5.74) is 0. The third-order valence-corrected chi connectivity index (χ3v) is 4.62. The third-order valence-electron chi connectivity index (χ3n) is 4.27. The number of hydrogen-bond acceptors (Lipinski definition) is 0. The molecular weight excluding hydrogens is 378 g/mol. The maximum absolute atomic E-state index is 3.69. The first-order valence-corrected chi connectivity index (χ1v) is 9.77. The van der Waals surface area contributed by atoms with E-state index in [-0.39, 0.29) is 17.0 Å². The highest BCUT2D eigenvalue weighted by atomic mass is 79.9. The second-order valence-electron chi connectivity index (χ2n) is 6.05. The average Bonchev–Trinajstić information content (AvgIpc) is 2.42. The van der Waals surface area contributed by atoms with Crippen molar-refractivity contribution in [2.24, 2.45) is 0 Å². The SMILES string of the molecule is CCCCCC[N+](CCBr)(CCCC)CCCCC.[Br-]. The molecule has 0 aliphatic carbocycles. The molecule has 0 saturated carbocycles. The first-order valence-electron chi connectivity index (χ1n) is 8.65. The average molecular weight is 415 g/mol. The minimum atomic E-state index is 0. The van der Waals surface area contributed by atoms with E-state index >= 15 is 0 Å². The van der Waals surface area contributed by atoms with Gasteiger partial charge in [0.15, 0.2) is 0 Å². The van der Waals surface area contributed by atoms with Gasteiger partial charge in [-0.25, -0.2) is 0 Å². The number of rotatable bonds is 14. The molecule has 0 N–H and O–H groups in total. The van der Waals surface area contributed by atoms with Gasteiger partial charge in [-0.3, -0.25) is 0 Å². The number of nitrogens with zero attached hydrogens (tertiary/aromatic N) is 1. The van der Waals surface area contributed by atoms with Gasteiger partial charge in [0.25, 0.3) is 0 Å². The van der Waals surface area contributed by atoms with Crippen LogP contribution in [0.2, 0.25) is 0 Å². The van der Waals surface area contributed by atoms with E-state index in [1.54, 1.807) is 0 Å². The second kappa shape index (κ2) is 16.3. The molecule has 0 aliphatic heterocycles. The zero-order valence-corrected chi connectivity index (χ0v) is 17.3. The highest BCUT2D eigenvalue weighted by molar-refractivity contribution is 9.09. The second-order valence-corrected chi connectivity index (χ2v) is 6.84. The molecule has 0 radical (unpaired) electrons. The molecular formula is C17H37Br2N. The number of halogens is 2. The summed E-state index contributed by atoms with van der Waals surface area (Å²) in [6.07, 6.45) is 12.5. The normalized spacial score (nSPS) is 13.8. The van der Waals surface area contributed by atoms with Crippen molar-refractivity contribution in [2.45, 2.75) is 78.6 Å². The number of alkyl halides is 1. The summed E-state index contributed by atoms with van der Waals surface area (Å²) in [4.78, 5) is 0. The van der Waals surface area contributed by atoms with Crippen molar-refractivity contribution >= 4 is 15.9 Å². The lowest BCUT2D eigenvalue weighted by Gasteiger charge is -2.39. The standard InChI is InChI=1S/C17H37BrN.BrH/c1-4-7-10-12-16-19(17-13-18,14-9-6-3)15-11-8-5-2;/h4-17H2,1-3H3;1H/q+1;/p-1. The predicted octanol–water partition coefficient (Wildman–Crippen LogP) is 2.77. The summed E-state index contributed by atoms with van der Waals surface area (Å²) in [7, 11) is 0. The topological polar surface area (TPSA) is 0 Å². The molecule has 0 fully saturated rings. The summed E-state index contributed by atoms with van der Waals surface area (Å²) in [6.45, 7) is 12.5. The molecule has 0 aliphatic rings. The van der Waals surface area contributed by atoms with Gasteiger partial charge in [-0.15, -0.1) is 0 Å². The Balaban J connectivity index is 0. The minimum absolute atomic E-state index is 0. The smallest absolute Gasteiger partial charge is 0.0885 e. The van der Waals surface area contributed by atoms with Gasteiger partial charge in [0.05, 0.1) is 31.5 Å². The van der Waals surface area contributed by atoms with Crippen LogP contribution in [0, 0.1) is 0 Å². The van der Waals surface area contributed by atoms with Crippen molar-refractivity contribution < 1.29 is 21.5 Å². The van der Waals surface area contributed by atoms with Crippen molar-refractivity contribution in [1.82, 2.24) is 0 Å². The van der Waals surface area contributed by atoms with Crippen LogP contribution in [0.5, 0.6) is 0 Å². The lowest BCUT2D eigenvalue weighted by molar-refractivity contribution is -0.926. The van der Waals surface area contributed by atoms with E-state index in [4.69, 9.17) is 0 Å². The van der Waals surface area contributed by atoms with Crippen LogP contribution in [0.1, 0.15) is 78.6 Å². The van der Waals surface area contributed by atoms with Crippen LogP contribution >= 0.6 is 15.9 Å². The molecule has 0 bridgehead atoms.